The highest BCUT2D eigenvalue weighted by Gasteiger charge is 2.25. The zero-order valence-corrected chi connectivity index (χ0v) is 12.6. The maximum atomic E-state index is 9.53. The maximum absolute atomic E-state index is 9.53. The number of hydrogen-bond donors (Lipinski definition) is 1. The van der Waals surface area contributed by atoms with Gasteiger partial charge in [-0.05, 0) is 45.4 Å². The van der Waals surface area contributed by atoms with Crippen molar-refractivity contribution in [1.82, 2.24) is 4.90 Å². The quantitative estimate of drug-likeness (QED) is 0.887. The highest BCUT2D eigenvalue weighted by atomic mass is 16.3. The Hall–Kier alpha value is -1.06. The van der Waals surface area contributed by atoms with E-state index in [-0.39, 0.29) is 11.6 Å². The molecule has 0 bridgehead atoms. The van der Waals surface area contributed by atoms with E-state index in [1.807, 2.05) is 12.1 Å². The summed E-state index contributed by atoms with van der Waals surface area (Å²) in [5.41, 5.74) is 2.51. The molecular weight excluding hydrogens is 236 g/mol. The summed E-state index contributed by atoms with van der Waals surface area (Å²) in [4.78, 5) is 4.96. The minimum absolute atomic E-state index is 0.266. The Labute approximate surface area is 116 Å². The normalized spacial score (nSPS) is 19.5. The first-order valence-corrected chi connectivity index (χ1v) is 7.16. The predicted octanol–water partition coefficient (Wildman–Crippen LogP) is 2.66. The van der Waals surface area contributed by atoms with Crippen LogP contribution in [-0.2, 0) is 0 Å². The van der Waals surface area contributed by atoms with E-state index in [0.717, 1.165) is 31.7 Å². The molecule has 1 unspecified atom stereocenters. The van der Waals surface area contributed by atoms with Crippen LogP contribution in [0.3, 0.4) is 0 Å². The molecule has 1 aromatic rings. The molecule has 2 rings (SSSR count). The van der Waals surface area contributed by atoms with Crippen LogP contribution in [0.1, 0.15) is 39.4 Å². The molecule has 3 heteroatoms. The van der Waals surface area contributed by atoms with E-state index in [1.54, 1.807) is 6.92 Å². The Morgan fingerprint density at radius 3 is 1.95 bits per heavy atom. The molecule has 3 nitrogen and oxygen atoms in total. The van der Waals surface area contributed by atoms with Crippen LogP contribution in [-0.4, -0.2) is 41.7 Å². The molecule has 1 heterocycles. The van der Waals surface area contributed by atoms with Gasteiger partial charge in [-0.25, -0.2) is 0 Å². The minimum atomic E-state index is -0.383. The smallest absolute Gasteiger partial charge is 0.0761 e. The lowest BCUT2D eigenvalue weighted by atomic mass is 10.0. The van der Waals surface area contributed by atoms with Crippen molar-refractivity contribution in [2.45, 2.75) is 39.3 Å². The summed E-state index contributed by atoms with van der Waals surface area (Å²) < 4.78 is 0. The fourth-order valence-corrected chi connectivity index (χ4v) is 2.60. The Morgan fingerprint density at radius 1 is 1.00 bits per heavy atom. The Balaban J connectivity index is 1.98. The number of anilines is 1. The lowest BCUT2D eigenvalue weighted by Gasteiger charge is -2.43. The Kier molecular flexibility index (Phi) is 4.16. The van der Waals surface area contributed by atoms with E-state index in [2.05, 4.69) is 42.7 Å². The van der Waals surface area contributed by atoms with Gasteiger partial charge in [0.25, 0.3) is 0 Å². The van der Waals surface area contributed by atoms with Gasteiger partial charge in [0, 0.05) is 37.4 Å². The summed E-state index contributed by atoms with van der Waals surface area (Å²) in [5, 5.41) is 9.53. The van der Waals surface area contributed by atoms with E-state index < -0.39 is 0 Å². The van der Waals surface area contributed by atoms with Crippen LogP contribution in [0.2, 0.25) is 0 Å². The van der Waals surface area contributed by atoms with Crippen LogP contribution in [0.5, 0.6) is 0 Å². The summed E-state index contributed by atoms with van der Waals surface area (Å²) in [6, 6.07) is 8.29. The van der Waals surface area contributed by atoms with Gasteiger partial charge in [0.15, 0.2) is 0 Å². The molecule has 0 aromatic heterocycles. The second-order valence-corrected chi connectivity index (χ2v) is 6.41. The average Bonchev–Trinajstić information content (AvgIpc) is 2.38. The van der Waals surface area contributed by atoms with E-state index in [1.165, 1.54) is 5.69 Å². The largest absolute Gasteiger partial charge is 0.389 e. The first kappa shape index (κ1) is 14.4. The summed E-state index contributed by atoms with van der Waals surface area (Å²) in [5.74, 6) is 0. The van der Waals surface area contributed by atoms with Crippen molar-refractivity contribution in [2.24, 2.45) is 0 Å². The maximum Gasteiger partial charge on any atom is 0.0761 e. The van der Waals surface area contributed by atoms with Crippen molar-refractivity contribution >= 4 is 5.69 Å². The monoisotopic (exact) mass is 262 g/mol. The van der Waals surface area contributed by atoms with Crippen molar-refractivity contribution < 1.29 is 5.11 Å². The fourth-order valence-electron chi connectivity index (χ4n) is 2.60. The molecule has 1 aromatic carbocycles. The van der Waals surface area contributed by atoms with Gasteiger partial charge in [0.2, 0.25) is 0 Å². The number of hydrogen-bond acceptors (Lipinski definition) is 3. The van der Waals surface area contributed by atoms with Crippen molar-refractivity contribution in [2.75, 3.05) is 31.1 Å². The molecule has 0 radical (unpaired) electrons. The van der Waals surface area contributed by atoms with Crippen molar-refractivity contribution in [3.8, 4) is 0 Å². The van der Waals surface area contributed by atoms with Gasteiger partial charge >= 0.3 is 0 Å². The average molecular weight is 262 g/mol. The van der Waals surface area contributed by atoms with Crippen molar-refractivity contribution in [3.05, 3.63) is 29.8 Å². The minimum Gasteiger partial charge on any atom is -0.389 e. The third-order valence-electron chi connectivity index (χ3n) is 3.97. The van der Waals surface area contributed by atoms with Crippen LogP contribution in [0.25, 0.3) is 0 Å². The molecule has 1 aliphatic heterocycles. The topological polar surface area (TPSA) is 26.7 Å². The van der Waals surface area contributed by atoms with Gasteiger partial charge in [0.05, 0.1) is 6.10 Å². The van der Waals surface area contributed by atoms with Gasteiger partial charge in [-0.2, -0.15) is 0 Å². The first-order valence-electron chi connectivity index (χ1n) is 7.16. The summed E-state index contributed by atoms with van der Waals surface area (Å²) >= 11 is 0. The van der Waals surface area contributed by atoms with Gasteiger partial charge in [0.1, 0.15) is 0 Å². The number of rotatable bonds is 2. The number of piperazine rings is 1. The van der Waals surface area contributed by atoms with Crippen molar-refractivity contribution in [1.29, 1.82) is 0 Å². The highest BCUT2D eigenvalue weighted by molar-refractivity contribution is 5.48. The van der Waals surface area contributed by atoms with E-state index in [9.17, 15) is 5.11 Å². The molecule has 1 saturated heterocycles. The fraction of sp³-hybridized carbons (Fsp3) is 0.625. The molecule has 1 N–H and O–H groups in total. The third kappa shape index (κ3) is 3.48. The van der Waals surface area contributed by atoms with Crippen LogP contribution in [0, 0.1) is 0 Å². The molecule has 0 aliphatic carbocycles. The molecule has 1 fully saturated rings. The summed E-state index contributed by atoms with van der Waals surface area (Å²) in [7, 11) is 0. The van der Waals surface area contributed by atoms with E-state index >= 15 is 0 Å². The van der Waals surface area contributed by atoms with Crippen LogP contribution in [0.15, 0.2) is 24.3 Å². The molecule has 19 heavy (non-hydrogen) atoms. The third-order valence-corrected chi connectivity index (χ3v) is 3.97. The molecule has 0 spiro atoms. The number of aliphatic hydroxyl groups is 1. The summed E-state index contributed by atoms with van der Waals surface area (Å²) in [6.45, 7) is 13.0. The van der Waals surface area contributed by atoms with Crippen LogP contribution < -0.4 is 4.90 Å². The van der Waals surface area contributed by atoms with E-state index in [4.69, 9.17) is 0 Å². The Morgan fingerprint density at radius 2 is 1.53 bits per heavy atom. The van der Waals surface area contributed by atoms with Gasteiger partial charge in [-0.15, -0.1) is 0 Å². The number of aliphatic hydroxyl groups excluding tert-OH is 1. The zero-order valence-electron chi connectivity index (χ0n) is 12.6. The summed E-state index contributed by atoms with van der Waals surface area (Å²) in [6.07, 6.45) is -0.383. The second-order valence-electron chi connectivity index (χ2n) is 6.41. The lowest BCUT2D eigenvalue weighted by molar-refractivity contribution is 0.128. The van der Waals surface area contributed by atoms with Crippen LogP contribution >= 0.6 is 0 Å². The molecular formula is C16H26N2O. The number of nitrogens with zero attached hydrogens (tertiary/aromatic N) is 2. The highest BCUT2D eigenvalue weighted by Crippen LogP contribution is 2.22. The molecule has 1 aliphatic rings. The number of benzene rings is 1. The first-order chi connectivity index (χ1) is 8.88. The second kappa shape index (κ2) is 5.51. The predicted molar refractivity (Wildman–Crippen MR) is 80.6 cm³/mol. The Bertz CT molecular complexity index is 398. The molecule has 106 valence electrons. The van der Waals surface area contributed by atoms with Gasteiger partial charge < -0.3 is 10.0 Å². The molecule has 0 saturated carbocycles. The van der Waals surface area contributed by atoms with Crippen LogP contribution in [0.4, 0.5) is 5.69 Å². The SMILES string of the molecule is CC(O)c1ccc(N2CCN(C(C)(C)C)CC2)cc1. The zero-order chi connectivity index (χ0) is 14.0. The molecule has 1 atom stereocenters. The van der Waals surface area contributed by atoms with E-state index in [0.29, 0.717) is 0 Å². The molecule has 0 amide bonds. The lowest BCUT2D eigenvalue weighted by Crippen LogP contribution is -2.53. The van der Waals surface area contributed by atoms with Gasteiger partial charge in [-0.3, -0.25) is 4.90 Å². The van der Waals surface area contributed by atoms with Gasteiger partial charge in [-0.1, -0.05) is 12.1 Å². The standard InChI is InChI=1S/C16H26N2O/c1-13(19)14-5-7-15(8-6-14)17-9-11-18(12-10-17)16(2,3)4/h5-8,13,19H,9-12H2,1-4H3. The van der Waals surface area contributed by atoms with Crippen molar-refractivity contribution in [3.63, 3.8) is 0 Å².